The number of nitrogens with zero attached hydrogens (tertiary/aromatic N) is 6. The minimum absolute atomic E-state index is 0.0556. The highest BCUT2D eigenvalue weighted by Gasteiger charge is 2.34. The predicted octanol–water partition coefficient (Wildman–Crippen LogP) is 0.736. The molecule has 1 aromatic carbocycles. The monoisotopic (exact) mass is 309 g/mol. The van der Waals surface area contributed by atoms with Crippen LogP contribution in [-0.2, 0) is 18.7 Å². The first-order chi connectivity index (χ1) is 10.6. The van der Waals surface area contributed by atoms with E-state index in [-0.39, 0.29) is 18.7 Å². The van der Waals surface area contributed by atoms with Gasteiger partial charge in [-0.1, -0.05) is 6.07 Å². The third-order valence-corrected chi connectivity index (χ3v) is 3.21. The standard InChI is InChI=1S/C13H12F2N6O/c14-10-1-2-11(12(15)3-10)13(22,4-20-8-16-6-18-20)5-21-9-17-7-19-21/h1-3,6-9,22H,4-5H2/i6+1,8+1,16+1. The number of aliphatic hydroxyl groups is 1. The fourth-order valence-corrected chi connectivity index (χ4v) is 2.25. The minimum Gasteiger partial charge on any atom is -0.381 e. The predicted molar refractivity (Wildman–Crippen MR) is 70.3 cm³/mol. The van der Waals surface area contributed by atoms with Gasteiger partial charge in [0.1, 0.15) is 42.5 Å². The van der Waals surface area contributed by atoms with Crippen molar-refractivity contribution in [1.82, 2.24) is 29.5 Å². The number of hydrogen-bond acceptors (Lipinski definition) is 5. The third kappa shape index (κ3) is 2.84. The number of rotatable bonds is 5. The summed E-state index contributed by atoms with van der Waals surface area (Å²) in [4.78, 5) is 7.57. The van der Waals surface area contributed by atoms with Crippen molar-refractivity contribution in [3.05, 3.63) is 60.7 Å². The number of benzene rings is 1. The molecule has 2 aromatic heterocycles. The van der Waals surface area contributed by atoms with Gasteiger partial charge in [0.2, 0.25) is 0 Å². The van der Waals surface area contributed by atoms with E-state index in [9.17, 15) is 13.9 Å². The second kappa shape index (κ2) is 5.60. The van der Waals surface area contributed by atoms with Crippen molar-refractivity contribution in [1.29, 1.82) is 0 Å². The molecule has 7 nitrogen and oxygen atoms in total. The van der Waals surface area contributed by atoms with Crippen molar-refractivity contribution in [2.45, 2.75) is 18.7 Å². The third-order valence-electron chi connectivity index (χ3n) is 3.21. The molecule has 1 N–H and O–H groups in total. The van der Waals surface area contributed by atoms with Gasteiger partial charge in [0.05, 0.1) is 13.1 Å². The molecular formula is C13H12F2N6O. The molecule has 0 aliphatic heterocycles. The Bertz CT molecular complexity index is 708. The van der Waals surface area contributed by atoms with E-state index in [0.717, 1.165) is 12.1 Å². The lowest BCUT2D eigenvalue weighted by atomic mass is 9.93. The van der Waals surface area contributed by atoms with Gasteiger partial charge in [-0.05, 0) is 6.07 Å². The summed E-state index contributed by atoms with van der Waals surface area (Å²) in [6, 6.07) is 3.02. The van der Waals surface area contributed by atoms with Crippen molar-refractivity contribution < 1.29 is 13.9 Å². The fraction of sp³-hybridized carbons (Fsp3) is 0.231. The molecular weight excluding hydrogens is 297 g/mol. The summed E-state index contributed by atoms with van der Waals surface area (Å²) >= 11 is 0. The van der Waals surface area contributed by atoms with Crippen molar-refractivity contribution in [2.75, 3.05) is 0 Å². The highest BCUT2D eigenvalue weighted by molar-refractivity contribution is 5.25. The Morgan fingerprint density at radius 2 is 1.59 bits per heavy atom. The number of hydrogen-bond donors (Lipinski definition) is 1. The molecule has 3 rings (SSSR count). The quantitative estimate of drug-likeness (QED) is 0.751. The second-order valence-electron chi connectivity index (χ2n) is 4.84. The molecule has 1 unspecified atom stereocenters. The van der Waals surface area contributed by atoms with Gasteiger partial charge in [-0.15, -0.1) is 0 Å². The molecule has 2 heterocycles. The topological polar surface area (TPSA) is 81.6 Å². The Hall–Kier alpha value is -2.68. The average Bonchev–Trinajstić information content (AvgIpc) is 3.12. The Labute approximate surface area is 123 Å². The average molecular weight is 309 g/mol. The van der Waals surface area contributed by atoms with E-state index in [0.29, 0.717) is 0 Å². The van der Waals surface area contributed by atoms with Crippen LogP contribution < -0.4 is 0 Å². The summed E-state index contributed by atoms with van der Waals surface area (Å²) < 4.78 is 29.9. The first-order valence-electron chi connectivity index (χ1n) is 6.39. The summed E-state index contributed by atoms with van der Waals surface area (Å²) in [6.45, 7) is -0.148. The lowest BCUT2D eigenvalue weighted by molar-refractivity contribution is -0.00855. The molecule has 3 aromatic rings. The van der Waals surface area contributed by atoms with Gasteiger partial charge < -0.3 is 5.11 Å². The molecule has 1 atom stereocenters. The molecule has 0 radical (unpaired) electrons. The molecule has 22 heavy (non-hydrogen) atoms. The lowest BCUT2D eigenvalue weighted by Crippen LogP contribution is -2.37. The van der Waals surface area contributed by atoms with Gasteiger partial charge in [0, 0.05) is 11.6 Å². The Morgan fingerprint density at radius 3 is 2.05 bits per heavy atom. The summed E-state index contributed by atoms with van der Waals surface area (Å²) in [6.07, 6.45) is 5.40. The Balaban J connectivity index is 2.01. The number of halogens is 2. The van der Waals surface area contributed by atoms with Crippen LogP contribution in [0.5, 0.6) is 0 Å². The highest BCUT2D eigenvalue weighted by atomic mass is 19.1. The van der Waals surface area contributed by atoms with Gasteiger partial charge in [0.25, 0.3) is 0 Å². The van der Waals surface area contributed by atoms with Gasteiger partial charge in [-0.2, -0.15) is 10.2 Å². The van der Waals surface area contributed by atoms with Crippen LogP contribution in [0.15, 0.2) is 43.5 Å². The summed E-state index contributed by atoms with van der Waals surface area (Å²) in [5, 5.41) is 18.8. The molecule has 114 valence electrons. The fourth-order valence-electron chi connectivity index (χ4n) is 2.25. The maximum atomic E-state index is 14.1. The van der Waals surface area contributed by atoms with Gasteiger partial charge in [-0.25, -0.2) is 28.1 Å². The van der Waals surface area contributed by atoms with E-state index >= 15 is 0 Å². The van der Waals surface area contributed by atoms with E-state index in [4.69, 9.17) is 0 Å². The second-order valence-corrected chi connectivity index (χ2v) is 4.84. The van der Waals surface area contributed by atoms with Crippen LogP contribution >= 0.6 is 0 Å². The van der Waals surface area contributed by atoms with E-state index < -0.39 is 17.2 Å². The van der Waals surface area contributed by atoms with Crippen molar-refractivity contribution in [2.24, 2.45) is 0 Å². The van der Waals surface area contributed by atoms with Crippen molar-refractivity contribution >= 4 is 0 Å². The first-order valence-corrected chi connectivity index (χ1v) is 6.39. The summed E-state index contributed by atoms with van der Waals surface area (Å²) in [5.41, 5.74) is -1.75. The van der Waals surface area contributed by atoms with E-state index in [1.807, 2.05) is 0 Å². The number of aromatic nitrogens is 6. The first kappa shape index (κ1) is 14.3. The lowest BCUT2D eigenvalue weighted by Gasteiger charge is -2.28. The van der Waals surface area contributed by atoms with E-state index in [1.165, 1.54) is 40.7 Å². The maximum Gasteiger partial charge on any atom is 0.137 e. The normalized spacial score (nSPS) is 14.0. The maximum absolute atomic E-state index is 14.1. The zero-order chi connectivity index (χ0) is 15.6. The van der Waals surface area contributed by atoms with Crippen LogP contribution in [0.25, 0.3) is 0 Å². The molecule has 0 saturated carbocycles. The Kier molecular flexibility index (Phi) is 3.63. The zero-order valence-corrected chi connectivity index (χ0v) is 11.3. The smallest absolute Gasteiger partial charge is 0.137 e. The van der Waals surface area contributed by atoms with Gasteiger partial charge in [-0.3, -0.25) is 0 Å². The molecule has 9 heteroatoms. The minimum atomic E-state index is -1.70. The highest BCUT2D eigenvalue weighted by Crippen LogP contribution is 2.28. The molecule has 0 fully saturated rings. The van der Waals surface area contributed by atoms with Gasteiger partial charge >= 0.3 is 0 Å². The largest absolute Gasteiger partial charge is 0.381 e. The van der Waals surface area contributed by atoms with Crippen LogP contribution in [-0.4, -0.2) is 34.6 Å². The van der Waals surface area contributed by atoms with Crippen LogP contribution in [0, 0.1) is 11.6 Å². The van der Waals surface area contributed by atoms with Crippen LogP contribution in [0.4, 0.5) is 8.78 Å². The molecule has 0 spiro atoms. The molecule has 0 amide bonds. The molecule has 0 bridgehead atoms. The van der Waals surface area contributed by atoms with Crippen LogP contribution in [0.2, 0.25) is 0 Å². The van der Waals surface area contributed by atoms with Gasteiger partial charge in [0.15, 0.2) is 0 Å². The van der Waals surface area contributed by atoms with E-state index in [2.05, 4.69) is 20.2 Å². The SMILES string of the molecule is OC(Cn1cncn1)(Cn1[13cH][15n][13cH]n1)c1ccc(F)cc1F. The molecule has 0 aliphatic rings. The summed E-state index contributed by atoms with van der Waals surface area (Å²) in [7, 11) is 0. The van der Waals surface area contributed by atoms with Crippen LogP contribution in [0.1, 0.15) is 5.56 Å². The summed E-state index contributed by atoms with van der Waals surface area (Å²) in [5.74, 6) is -1.56. The Morgan fingerprint density at radius 1 is 1.00 bits per heavy atom. The molecule has 0 aliphatic carbocycles. The van der Waals surface area contributed by atoms with Crippen molar-refractivity contribution in [3.8, 4) is 0 Å². The van der Waals surface area contributed by atoms with Crippen molar-refractivity contribution in [3.63, 3.8) is 0 Å². The molecule has 0 saturated heterocycles. The van der Waals surface area contributed by atoms with E-state index in [1.54, 1.807) is 0 Å². The zero-order valence-electron chi connectivity index (χ0n) is 11.3. The van der Waals surface area contributed by atoms with Crippen LogP contribution in [0.3, 0.4) is 0 Å².